The zero-order valence-electron chi connectivity index (χ0n) is 15.1. The number of benzene rings is 1. The van der Waals surface area contributed by atoms with E-state index in [0.29, 0.717) is 18.5 Å². The normalized spacial score (nSPS) is 12.4. The SMILES string of the molecule is CCn1c(=O)n(CC(=O)NC(CC(C)C)C(=O)OC)c2ccccc21. The number of nitrogens with one attached hydrogen (secondary N) is 1. The van der Waals surface area contributed by atoms with Crippen molar-refractivity contribution in [3.8, 4) is 0 Å². The fourth-order valence-corrected chi connectivity index (χ4v) is 2.94. The summed E-state index contributed by atoms with van der Waals surface area (Å²) in [7, 11) is 1.29. The summed E-state index contributed by atoms with van der Waals surface area (Å²) in [5, 5.41) is 2.68. The van der Waals surface area contributed by atoms with Crippen LogP contribution in [0.3, 0.4) is 0 Å². The summed E-state index contributed by atoms with van der Waals surface area (Å²) in [6.45, 7) is 6.18. The van der Waals surface area contributed by atoms with Crippen LogP contribution >= 0.6 is 0 Å². The Bertz CT molecular complexity index is 819. The predicted molar refractivity (Wildman–Crippen MR) is 95.3 cm³/mol. The first-order valence-electron chi connectivity index (χ1n) is 8.44. The first kappa shape index (κ1) is 18.8. The molecule has 136 valence electrons. The molecule has 0 bridgehead atoms. The molecule has 2 aromatic rings. The van der Waals surface area contributed by atoms with Gasteiger partial charge in [0.25, 0.3) is 0 Å². The van der Waals surface area contributed by atoms with E-state index in [1.54, 1.807) is 4.57 Å². The number of para-hydroxylation sites is 2. The molecule has 0 radical (unpaired) electrons. The average Bonchev–Trinajstić information content (AvgIpc) is 2.84. The number of imidazole rings is 1. The van der Waals surface area contributed by atoms with Crippen molar-refractivity contribution in [2.75, 3.05) is 7.11 Å². The van der Waals surface area contributed by atoms with Gasteiger partial charge in [-0.2, -0.15) is 0 Å². The summed E-state index contributed by atoms with van der Waals surface area (Å²) in [5.41, 5.74) is 1.25. The summed E-state index contributed by atoms with van der Waals surface area (Å²) in [6, 6.07) is 6.63. The molecule has 0 saturated carbocycles. The summed E-state index contributed by atoms with van der Waals surface area (Å²) in [4.78, 5) is 36.8. The number of amides is 1. The maximum absolute atomic E-state index is 12.6. The van der Waals surface area contributed by atoms with Crippen LogP contribution < -0.4 is 11.0 Å². The molecule has 1 aromatic carbocycles. The van der Waals surface area contributed by atoms with Crippen LogP contribution in [-0.2, 0) is 27.4 Å². The number of aromatic nitrogens is 2. The van der Waals surface area contributed by atoms with Gasteiger partial charge in [-0.15, -0.1) is 0 Å². The number of aryl methyl sites for hydroxylation is 1. The largest absolute Gasteiger partial charge is 0.467 e. The van der Waals surface area contributed by atoms with Gasteiger partial charge < -0.3 is 10.1 Å². The number of ether oxygens (including phenoxy) is 1. The minimum atomic E-state index is -0.715. The van der Waals surface area contributed by atoms with Crippen LogP contribution in [0.4, 0.5) is 0 Å². The van der Waals surface area contributed by atoms with E-state index in [4.69, 9.17) is 4.74 Å². The smallest absolute Gasteiger partial charge is 0.329 e. The van der Waals surface area contributed by atoms with Crippen LogP contribution in [0.5, 0.6) is 0 Å². The molecule has 7 nitrogen and oxygen atoms in total. The second kappa shape index (κ2) is 8.00. The van der Waals surface area contributed by atoms with Crippen molar-refractivity contribution >= 4 is 22.9 Å². The van der Waals surface area contributed by atoms with E-state index < -0.39 is 17.9 Å². The monoisotopic (exact) mass is 347 g/mol. The number of hydrogen-bond acceptors (Lipinski definition) is 4. The van der Waals surface area contributed by atoms with Crippen molar-refractivity contribution in [3.05, 3.63) is 34.7 Å². The molecule has 0 saturated heterocycles. The first-order valence-corrected chi connectivity index (χ1v) is 8.44. The maximum atomic E-state index is 12.6. The van der Waals surface area contributed by atoms with Gasteiger partial charge in [-0.05, 0) is 31.4 Å². The highest BCUT2D eigenvalue weighted by atomic mass is 16.5. The van der Waals surface area contributed by atoms with E-state index in [1.165, 1.54) is 11.7 Å². The second-order valence-corrected chi connectivity index (χ2v) is 6.37. The van der Waals surface area contributed by atoms with E-state index >= 15 is 0 Å². The lowest BCUT2D eigenvalue weighted by Crippen LogP contribution is -2.44. The van der Waals surface area contributed by atoms with Gasteiger partial charge in [-0.1, -0.05) is 26.0 Å². The van der Waals surface area contributed by atoms with E-state index in [1.807, 2.05) is 45.0 Å². The minimum Gasteiger partial charge on any atom is -0.467 e. The molecule has 2 rings (SSSR count). The third-order valence-electron chi connectivity index (χ3n) is 4.07. The van der Waals surface area contributed by atoms with E-state index in [-0.39, 0.29) is 18.2 Å². The molecule has 1 N–H and O–H groups in total. The lowest BCUT2D eigenvalue weighted by molar-refractivity contribution is -0.145. The first-order chi connectivity index (χ1) is 11.9. The Balaban J connectivity index is 2.26. The van der Waals surface area contributed by atoms with Crippen molar-refractivity contribution in [1.82, 2.24) is 14.5 Å². The standard InChI is InChI=1S/C18H25N3O4/c1-5-20-14-8-6-7-9-15(14)21(18(20)24)11-16(22)19-13(10-12(2)3)17(23)25-4/h6-9,12-13H,5,10-11H2,1-4H3,(H,19,22). The van der Waals surface area contributed by atoms with Crippen LogP contribution in [0.2, 0.25) is 0 Å². The maximum Gasteiger partial charge on any atom is 0.329 e. The fourth-order valence-electron chi connectivity index (χ4n) is 2.94. The molecule has 1 unspecified atom stereocenters. The third-order valence-corrected chi connectivity index (χ3v) is 4.07. The number of carbonyl (C=O) groups excluding carboxylic acids is 2. The number of methoxy groups -OCH3 is 1. The van der Waals surface area contributed by atoms with Crippen LogP contribution in [-0.4, -0.2) is 34.2 Å². The molecule has 0 aliphatic carbocycles. The number of fused-ring (bicyclic) bond motifs is 1. The molecular formula is C18H25N3O4. The summed E-state index contributed by atoms with van der Waals surface area (Å²) in [5.74, 6) is -0.656. The van der Waals surface area contributed by atoms with E-state index in [2.05, 4.69) is 5.32 Å². The molecule has 1 atom stereocenters. The molecule has 1 amide bonds. The highest BCUT2D eigenvalue weighted by Crippen LogP contribution is 2.13. The molecule has 25 heavy (non-hydrogen) atoms. The highest BCUT2D eigenvalue weighted by molar-refractivity contribution is 5.85. The predicted octanol–water partition coefficient (Wildman–Crippen LogP) is 1.53. The van der Waals surface area contributed by atoms with Gasteiger partial charge in [0.1, 0.15) is 12.6 Å². The molecule has 0 spiro atoms. The van der Waals surface area contributed by atoms with Crippen molar-refractivity contribution < 1.29 is 14.3 Å². The van der Waals surface area contributed by atoms with Crippen LogP contribution in [0.1, 0.15) is 27.2 Å². The molecule has 7 heteroatoms. The molecule has 1 heterocycles. The molecule has 0 fully saturated rings. The Morgan fingerprint density at radius 2 is 1.76 bits per heavy atom. The van der Waals surface area contributed by atoms with Gasteiger partial charge in [-0.25, -0.2) is 9.59 Å². The molecule has 0 aliphatic heterocycles. The van der Waals surface area contributed by atoms with Gasteiger partial charge in [0, 0.05) is 6.54 Å². The zero-order valence-corrected chi connectivity index (χ0v) is 15.1. The van der Waals surface area contributed by atoms with E-state index in [9.17, 15) is 14.4 Å². The van der Waals surface area contributed by atoms with Gasteiger partial charge in [0.2, 0.25) is 5.91 Å². The van der Waals surface area contributed by atoms with Crippen molar-refractivity contribution in [2.24, 2.45) is 5.92 Å². The number of hydrogen-bond donors (Lipinski definition) is 1. The van der Waals surface area contributed by atoms with E-state index in [0.717, 1.165) is 5.52 Å². The van der Waals surface area contributed by atoms with Gasteiger partial charge >= 0.3 is 11.7 Å². The Kier molecular flexibility index (Phi) is 6.01. The number of esters is 1. The van der Waals surface area contributed by atoms with Crippen molar-refractivity contribution in [3.63, 3.8) is 0 Å². The van der Waals surface area contributed by atoms with Crippen molar-refractivity contribution in [1.29, 1.82) is 0 Å². The van der Waals surface area contributed by atoms with Crippen LogP contribution in [0.15, 0.2) is 29.1 Å². The van der Waals surface area contributed by atoms with Crippen molar-refractivity contribution in [2.45, 2.75) is 46.3 Å². The summed E-state index contributed by atoms with van der Waals surface area (Å²) >= 11 is 0. The minimum absolute atomic E-state index is 0.141. The quantitative estimate of drug-likeness (QED) is 0.770. The summed E-state index contributed by atoms with van der Waals surface area (Å²) < 4.78 is 7.80. The lowest BCUT2D eigenvalue weighted by Gasteiger charge is -2.18. The summed E-state index contributed by atoms with van der Waals surface area (Å²) in [6.07, 6.45) is 0.476. The number of nitrogens with zero attached hydrogens (tertiary/aromatic N) is 2. The Morgan fingerprint density at radius 1 is 1.16 bits per heavy atom. The molecular weight excluding hydrogens is 322 g/mol. The second-order valence-electron chi connectivity index (χ2n) is 6.37. The zero-order chi connectivity index (χ0) is 18.6. The Hall–Kier alpha value is -2.57. The van der Waals surface area contributed by atoms with Crippen LogP contribution in [0.25, 0.3) is 11.0 Å². The van der Waals surface area contributed by atoms with Gasteiger partial charge in [-0.3, -0.25) is 13.9 Å². The Labute approximate surface area is 146 Å². The van der Waals surface area contributed by atoms with Gasteiger partial charge in [0.05, 0.1) is 18.1 Å². The van der Waals surface area contributed by atoms with Crippen LogP contribution in [0, 0.1) is 5.92 Å². The highest BCUT2D eigenvalue weighted by Gasteiger charge is 2.23. The average molecular weight is 347 g/mol. The lowest BCUT2D eigenvalue weighted by atomic mass is 10.0. The molecule has 0 aliphatic rings. The van der Waals surface area contributed by atoms with Gasteiger partial charge in [0.15, 0.2) is 0 Å². The Morgan fingerprint density at radius 3 is 2.28 bits per heavy atom. The number of rotatable bonds is 7. The molecule has 1 aromatic heterocycles. The fraction of sp³-hybridized carbons (Fsp3) is 0.500. The topological polar surface area (TPSA) is 82.3 Å². The number of carbonyl (C=O) groups is 2. The third kappa shape index (κ3) is 4.10.